The van der Waals surface area contributed by atoms with E-state index in [4.69, 9.17) is 35.0 Å². The third-order valence-corrected chi connectivity index (χ3v) is 9.84. The zero-order chi connectivity index (χ0) is 36.2. The van der Waals surface area contributed by atoms with Crippen molar-refractivity contribution in [3.05, 3.63) is 103 Å². The summed E-state index contributed by atoms with van der Waals surface area (Å²) in [4.78, 5) is 70.3. The Kier molecular flexibility index (Phi) is 8.46. The maximum atomic E-state index is 14.8. The van der Waals surface area contributed by atoms with E-state index in [1.165, 1.54) is 32.0 Å². The van der Waals surface area contributed by atoms with Crippen LogP contribution in [0.5, 0.6) is 23.0 Å². The van der Waals surface area contributed by atoms with Crippen molar-refractivity contribution in [1.82, 2.24) is 14.9 Å². The molecule has 0 saturated heterocycles. The third-order valence-electron chi connectivity index (χ3n) is 9.48. The van der Waals surface area contributed by atoms with Crippen molar-refractivity contribution in [3.63, 3.8) is 0 Å². The van der Waals surface area contributed by atoms with Crippen LogP contribution in [0.2, 0.25) is 5.02 Å². The highest BCUT2D eigenvalue weighted by Crippen LogP contribution is 2.54. The summed E-state index contributed by atoms with van der Waals surface area (Å²) in [6.45, 7) is 1.72. The van der Waals surface area contributed by atoms with Crippen molar-refractivity contribution in [2.75, 3.05) is 27.9 Å². The Morgan fingerprint density at radius 1 is 0.980 bits per heavy atom. The highest BCUT2D eigenvalue weighted by atomic mass is 35.5. The number of Topliss-reactive ketones (excluding diaryl/α,β-unsaturated/α-hetero) is 2. The SMILES string of the molecule is COc1ccc(-c2oc3c(c2CC(=O)NCCn2c(=O)c(=O)[nH]c4ccccc42)C(=O)C2(Oc4c(Cl)c(OC)cc(OC)c4C2=O)C(C)C3)cc1. The highest BCUT2D eigenvalue weighted by Gasteiger charge is 2.63. The smallest absolute Gasteiger partial charge is 0.316 e. The number of hydrogen-bond acceptors (Lipinski definition) is 10. The van der Waals surface area contributed by atoms with E-state index in [1.807, 2.05) is 0 Å². The van der Waals surface area contributed by atoms with Gasteiger partial charge >= 0.3 is 11.1 Å². The average Bonchev–Trinajstić information content (AvgIpc) is 3.65. The first kappa shape index (κ1) is 33.7. The van der Waals surface area contributed by atoms with Crippen molar-refractivity contribution in [2.45, 2.75) is 31.9 Å². The molecule has 3 heterocycles. The van der Waals surface area contributed by atoms with Gasteiger partial charge in [-0.1, -0.05) is 30.7 Å². The van der Waals surface area contributed by atoms with Gasteiger partial charge in [-0.15, -0.1) is 0 Å². The summed E-state index contributed by atoms with van der Waals surface area (Å²) in [5, 5.41) is 2.81. The van der Waals surface area contributed by atoms with Gasteiger partial charge in [0.05, 0.1) is 44.3 Å². The van der Waals surface area contributed by atoms with Crippen LogP contribution in [0.25, 0.3) is 22.4 Å². The summed E-state index contributed by atoms with van der Waals surface area (Å²) < 4.78 is 30.1. The number of carbonyl (C=O) groups excluding carboxylic acids is 3. The van der Waals surface area contributed by atoms with Crippen LogP contribution in [0, 0.1) is 5.92 Å². The Morgan fingerprint density at radius 2 is 1.69 bits per heavy atom. The molecule has 0 bridgehead atoms. The topological polar surface area (TPSA) is 168 Å². The summed E-state index contributed by atoms with van der Waals surface area (Å²) in [7, 11) is 4.32. The number of methoxy groups -OCH3 is 3. The molecule has 0 radical (unpaired) electrons. The largest absolute Gasteiger partial charge is 0.497 e. The molecular weight excluding hydrogens is 682 g/mol. The molecule has 262 valence electrons. The molecule has 2 atom stereocenters. The van der Waals surface area contributed by atoms with Crippen molar-refractivity contribution < 1.29 is 37.7 Å². The second-order valence-electron chi connectivity index (χ2n) is 12.3. The van der Waals surface area contributed by atoms with E-state index < -0.39 is 40.1 Å². The highest BCUT2D eigenvalue weighted by molar-refractivity contribution is 6.36. The van der Waals surface area contributed by atoms with Crippen molar-refractivity contribution in [1.29, 1.82) is 0 Å². The minimum atomic E-state index is -2.02. The van der Waals surface area contributed by atoms with Crippen LogP contribution in [-0.4, -0.2) is 60.5 Å². The second-order valence-corrected chi connectivity index (χ2v) is 12.7. The van der Waals surface area contributed by atoms with E-state index in [0.29, 0.717) is 28.1 Å². The van der Waals surface area contributed by atoms with Crippen LogP contribution in [0.1, 0.15) is 39.0 Å². The average molecular weight is 714 g/mol. The summed E-state index contributed by atoms with van der Waals surface area (Å²) >= 11 is 6.61. The van der Waals surface area contributed by atoms with E-state index in [9.17, 15) is 24.0 Å². The molecule has 1 aliphatic carbocycles. The summed E-state index contributed by atoms with van der Waals surface area (Å²) in [6.07, 6.45) is -0.193. The van der Waals surface area contributed by atoms with E-state index in [2.05, 4.69) is 10.3 Å². The first-order valence-corrected chi connectivity index (χ1v) is 16.4. The second kappa shape index (κ2) is 12.8. The first-order valence-electron chi connectivity index (χ1n) is 16.0. The lowest BCUT2D eigenvalue weighted by atomic mass is 9.70. The molecule has 0 fully saturated rings. The molecule has 3 aromatic carbocycles. The Bertz CT molecular complexity index is 2380. The molecule has 2 N–H and O–H groups in total. The van der Waals surface area contributed by atoms with Crippen LogP contribution < -0.4 is 35.4 Å². The fraction of sp³-hybridized carbons (Fsp3) is 0.270. The number of H-pyrrole nitrogens is 1. The molecule has 2 aliphatic rings. The molecule has 2 unspecified atom stereocenters. The maximum Gasteiger partial charge on any atom is 0.316 e. The molecule has 1 aliphatic heterocycles. The number of ketones is 2. The van der Waals surface area contributed by atoms with Crippen LogP contribution >= 0.6 is 11.6 Å². The van der Waals surface area contributed by atoms with Gasteiger partial charge < -0.3 is 38.2 Å². The number of furan rings is 1. The molecule has 13 nitrogen and oxygen atoms in total. The lowest BCUT2D eigenvalue weighted by Crippen LogP contribution is -2.56. The van der Waals surface area contributed by atoms with E-state index >= 15 is 0 Å². The minimum absolute atomic E-state index is 0.00392. The van der Waals surface area contributed by atoms with Crippen molar-refractivity contribution in [3.8, 4) is 34.3 Å². The number of hydrogen-bond donors (Lipinski definition) is 2. The number of nitrogens with one attached hydrogen (secondary N) is 2. The Labute approximate surface area is 295 Å². The molecule has 5 aromatic rings. The summed E-state index contributed by atoms with van der Waals surface area (Å²) in [5.41, 5.74) is -1.66. The number of aromatic amines is 1. The monoisotopic (exact) mass is 713 g/mol. The minimum Gasteiger partial charge on any atom is -0.497 e. The van der Waals surface area contributed by atoms with Crippen LogP contribution in [0.15, 0.2) is 68.6 Å². The summed E-state index contributed by atoms with van der Waals surface area (Å²) in [5.74, 6) is -1.03. The summed E-state index contributed by atoms with van der Waals surface area (Å²) in [6, 6.07) is 15.2. The number of para-hydroxylation sites is 2. The van der Waals surface area contributed by atoms with Crippen molar-refractivity contribution >= 4 is 40.1 Å². The van der Waals surface area contributed by atoms with Gasteiger partial charge in [0.1, 0.15) is 39.4 Å². The normalized spacial score (nSPS) is 17.6. The molecule has 1 amide bonds. The van der Waals surface area contributed by atoms with Crippen LogP contribution in [0.3, 0.4) is 0 Å². The number of aromatic nitrogens is 2. The van der Waals surface area contributed by atoms with Gasteiger partial charge in [0.2, 0.25) is 23.1 Å². The van der Waals surface area contributed by atoms with Gasteiger partial charge in [-0.25, -0.2) is 0 Å². The number of carbonyl (C=O) groups is 3. The van der Waals surface area contributed by atoms with E-state index in [1.54, 1.807) is 55.5 Å². The molecule has 1 spiro atoms. The molecule has 51 heavy (non-hydrogen) atoms. The standard InChI is InChI=1S/C37H32ClN3O10/c1-18-15-25-28(33(43)37(18)34(44)29-24(48-3)17-26(49-4)30(38)32(29)51-37)21(31(50-25)19-9-11-20(47-2)12-10-19)16-27(42)39-13-14-41-23-8-6-5-7-22(23)40-35(45)36(41)46/h5-12,17-18H,13-16H2,1-4H3,(H,39,42)(H,40,45). The van der Waals surface area contributed by atoms with E-state index in [-0.39, 0.29) is 70.7 Å². The van der Waals surface area contributed by atoms with Gasteiger partial charge in [0, 0.05) is 42.6 Å². The van der Waals surface area contributed by atoms with Crippen LogP contribution in [0.4, 0.5) is 0 Å². The lowest BCUT2D eigenvalue weighted by molar-refractivity contribution is -0.120. The van der Waals surface area contributed by atoms with Gasteiger partial charge in [-0.3, -0.25) is 24.0 Å². The number of halogens is 1. The number of rotatable bonds is 9. The lowest BCUT2D eigenvalue weighted by Gasteiger charge is -2.35. The number of fused-ring (bicyclic) bond motifs is 3. The van der Waals surface area contributed by atoms with Gasteiger partial charge in [0.15, 0.2) is 5.75 Å². The van der Waals surface area contributed by atoms with E-state index in [0.717, 1.165) is 0 Å². The van der Waals surface area contributed by atoms with Crippen LogP contribution in [-0.2, 0) is 24.2 Å². The molecule has 2 aromatic heterocycles. The molecule has 0 saturated carbocycles. The number of ether oxygens (including phenoxy) is 4. The fourth-order valence-electron chi connectivity index (χ4n) is 6.95. The zero-order valence-corrected chi connectivity index (χ0v) is 28.8. The first-order chi connectivity index (χ1) is 24.5. The number of benzene rings is 3. The third kappa shape index (κ3) is 5.27. The predicted molar refractivity (Wildman–Crippen MR) is 186 cm³/mol. The van der Waals surface area contributed by atoms with Crippen molar-refractivity contribution in [2.24, 2.45) is 5.92 Å². The maximum absolute atomic E-state index is 14.8. The molecule has 14 heteroatoms. The predicted octanol–water partition coefficient (Wildman–Crippen LogP) is 4.38. The number of amides is 1. The Morgan fingerprint density at radius 3 is 2.39 bits per heavy atom. The molecule has 7 rings (SSSR count). The van der Waals surface area contributed by atoms with Gasteiger partial charge in [-0.2, -0.15) is 0 Å². The fourth-order valence-corrected chi connectivity index (χ4v) is 7.22. The van der Waals surface area contributed by atoms with Gasteiger partial charge in [-0.05, 0) is 36.4 Å². The van der Waals surface area contributed by atoms with Gasteiger partial charge in [0.25, 0.3) is 0 Å². The Hall–Kier alpha value is -5.82. The zero-order valence-electron chi connectivity index (χ0n) is 28.0. The molecular formula is C37H32ClN3O10. The quantitative estimate of drug-likeness (QED) is 0.165. The Balaban J connectivity index is 1.26. The number of nitrogens with zero attached hydrogens (tertiary/aromatic N) is 1.